The first kappa shape index (κ1) is 58.0. The number of hydroxylamine groups is 2. The van der Waals surface area contributed by atoms with E-state index in [1.165, 1.54) is 11.0 Å². The summed E-state index contributed by atoms with van der Waals surface area (Å²) in [4.78, 5) is 90.2. The molecule has 2 aliphatic heterocycles. The van der Waals surface area contributed by atoms with Crippen molar-refractivity contribution in [3.05, 3.63) is 83.7 Å². The average Bonchev–Trinajstić information content (AvgIpc) is 3.77. The first-order valence-corrected chi connectivity index (χ1v) is 25.2. The Morgan fingerprint density at radius 3 is 1.99 bits per heavy atom. The van der Waals surface area contributed by atoms with Gasteiger partial charge in [-0.3, -0.25) is 19.2 Å². The van der Waals surface area contributed by atoms with Gasteiger partial charge in [0.25, 0.3) is 0 Å². The monoisotopic (exact) mass is 992 g/mol. The van der Waals surface area contributed by atoms with Crippen LogP contribution in [0.25, 0.3) is 0 Å². The minimum atomic E-state index is -1.10. The number of benzene rings is 2. The van der Waals surface area contributed by atoms with Crippen LogP contribution in [-0.4, -0.2) is 113 Å². The topological polar surface area (TPSA) is 197 Å². The van der Waals surface area contributed by atoms with Gasteiger partial charge in [0.2, 0.25) is 23.6 Å². The van der Waals surface area contributed by atoms with Gasteiger partial charge >= 0.3 is 12.2 Å². The Morgan fingerprint density at radius 1 is 0.817 bits per heavy atom. The fraction of sp³-hybridized carbons (Fsp3) is 0.630. The summed E-state index contributed by atoms with van der Waals surface area (Å²) in [5.41, 5.74) is -0.0632. The van der Waals surface area contributed by atoms with E-state index in [1.807, 2.05) is 107 Å². The predicted molar refractivity (Wildman–Crippen MR) is 271 cm³/mol. The van der Waals surface area contributed by atoms with E-state index >= 15 is 4.39 Å². The highest BCUT2D eigenvalue weighted by Crippen LogP contribution is 2.38. The van der Waals surface area contributed by atoms with Crippen molar-refractivity contribution in [3.8, 4) is 0 Å². The highest BCUT2D eigenvalue weighted by atomic mass is 19.1. The second kappa shape index (κ2) is 26.2. The largest absolute Gasteiger partial charge is 0.445 e. The predicted octanol–water partition coefficient (Wildman–Crippen LogP) is 7.66. The van der Waals surface area contributed by atoms with Crippen molar-refractivity contribution in [3.63, 3.8) is 0 Å². The second-order valence-corrected chi connectivity index (χ2v) is 22.0. The third-order valence-electron chi connectivity index (χ3n) is 12.7. The van der Waals surface area contributed by atoms with Gasteiger partial charge in [0.1, 0.15) is 36.2 Å². The number of hydrogen-bond acceptors (Lipinski definition) is 10. The fourth-order valence-corrected chi connectivity index (χ4v) is 9.82. The number of alkyl carbamates (subject to hydrolysis) is 2. The Bertz CT molecular complexity index is 2090. The Balaban J connectivity index is 1.53. The SMILES string of the molecule is CON1C(C)(C)CC(NC(=O)[C@@H](CCCNC(=O)OCc2ccccc2)NC(=O)[C@@H](NC(=O)[C@@H]2CCCN2C(=O)[C@H](/C=C(\F)[C@H](CC(C)C)NC(=O)OC(C)(C)C)Cc2ccccc2)C(C)C)CC1(C)C. The van der Waals surface area contributed by atoms with Crippen molar-refractivity contribution in [2.45, 2.75) is 181 Å². The van der Waals surface area contributed by atoms with Gasteiger partial charge < -0.3 is 45.8 Å². The van der Waals surface area contributed by atoms with Crippen LogP contribution in [0, 0.1) is 17.8 Å². The number of nitrogens with one attached hydrogen (secondary N) is 5. The lowest BCUT2D eigenvalue weighted by atomic mass is 9.79. The summed E-state index contributed by atoms with van der Waals surface area (Å²) in [5.74, 6) is -4.20. The lowest BCUT2D eigenvalue weighted by Crippen LogP contribution is -2.65. The van der Waals surface area contributed by atoms with Gasteiger partial charge in [0, 0.05) is 30.2 Å². The molecule has 2 heterocycles. The number of rotatable bonds is 22. The van der Waals surface area contributed by atoms with E-state index in [0.717, 1.165) is 11.1 Å². The maximum absolute atomic E-state index is 16.5. The summed E-state index contributed by atoms with van der Waals surface area (Å²) in [5, 5.41) is 16.3. The smallest absolute Gasteiger partial charge is 0.408 e. The molecule has 2 saturated heterocycles. The molecule has 394 valence electrons. The minimum Gasteiger partial charge on any atom is -0.445 e. The first-order valence-electron chi connectivity index (χ1n) is 25.2. The van der Waals surface area contributed by atoms with Crippen LogP contribution < -0.4 is 26.6 Å². The van der Waals surface area contributed by atoms with E-state index in [0.29, 0.717) is 32.1 Å². The third-order valence-corrected chi connectivity index (χ3v) is 12.7. The Morgan fingerprint density at radius 2 is 1.42 bits per heavy atom. The summed E-state index contributed by atoms with van der Waals surface area (Å²) in [7, 11) is 1.63. The van der Waals surface area contributed by atoms with Crippen molar-refractivity contribution in [1.29, 1.82) is 0 Å². The van der Waals surface area contributed by atoms with Gasteiger partial charge in [-0.2, -0.15) is 5.06 Å². The molecule has 17 heteroatoms. The van der Waals surface area contributed by atoms with E-state index < -0.39 is 94.3 Å². The lowest BCUT2D eigenvalue weighted by molar-refractivity contribution is -0.267. The summed E-state index contributed by atoms with van der Waals surface area (Å²) in [6.45, 7) is 21.2. The van der Waals surface area contributed by atoms with Crippen LogP contribution >= 0.6 is 0 Å². The van der Waals surface area contributed by atoms with Gasteiger partial charge in [-0.25, -0.2) is 14.0 Å². The molecule has 2 aliphatic rings. The number of carbonyl (C=O) groups is 6. The van der Waals surface area contributed by atoms with Crippen LogP contribution in [0.4, 0.5) is 14.0 Å². The molecule has 0 unspecified atom stereocenters. The van der Waals surface area contributed by atoms with Crippen molar-refractivity contribution < 1.29 is 47.5 Å². The van der Waals surface area contributed by atoms with E-state index in [2.05, 4.69) is 26.6 Å². The summed E-state index contributed by atoms with van der Waals surface area (Å²) >= 11 is 0. The zero-order chi connectivity index (χ0) is 52.7. The number of carbonyl (C=O) groups excluding carboxylic acids is 6. The lowest BCUT2D eigenvalue weighted by Gasteiger charge is -2.53. The molecular weight excluding hydrogens is 910 g/mol. The van der Waals surface area contributed by atoms with Crippen molar-refractivity contribution in [1.82, 2.24) is 36.5 Å². The third kappa shape index (κ3) is 18.2. The molecule has 0 bridgehead atoms. The summed E-state index contributed by atoms with van der Waals surface area (Å²) in [6, 6.07) is 14.0. The van der Waals surface area contributed by atoms with Crippen molar-refractivity contribution >= 4 is 35.8 Å². The molecule has 16 nitrogen and oxygen atoms in total. The normalized spacial score (nSPS) is 19.0. The quantitative estimate of drug-likeness (QED) is 0.0731. The molecule has 4 rings (SSSR count). The second-order valence-electron chi connectivity index (χ2n) is 22.0. The molecule has 0 saturated carbocycles. The van der Waals surface area contributed by atoms with Crippen molar-refractivity contribution in [2.24, 2.45) is 17.8 Å². The van der Waals surface area contributed by atoms with Crippen molar-refractivity contribution in [2.75, 3.05) is 20.2 Å². The summed E-state index contributed by atoms with van der Waals surface area (Å²) in [6.07, 6.45) is 2.63. The Labute approximate surface area is 421 Å². The van der Waals surface area contributed by atoms with E-state index in [9.17, 15) is 28.8 Å². The van der Waals surface area contributed by atoms with Crippen LogP contribution in [0.1, 0.15) is 132 Å². The average molecular weight is 992 g/mol. The zero-order valence-electron chi connectivity index (χ0n) is 44.2. The number of amides is 6. The van der Waals surface area contributed by atoms with Gasteiger partial charge in [0.15, 0.2) is 0 Å². The van der Waals surface area contributed by atoms with Crippen LogP contribution in [-0.2, 0) is 46.5 Å². The molecule has 5 atom stereocenters. The standard InChI is InChI=1S/C54H82FN7O9/c1-35(2)29-43(59-51(68)71-52(5,6)7)41(55)31-39(30-37-21-15-13-16-22-37)49(66)61-28-20-26-44(61)47(64)60-45(36(3)4)48(65)58-42(25-19-27-56-50(67)70-34-38-23-17-14-18-24-38)46(63)57-40-32-53(8,9)62(69-12)54(10,11)33-40/h13-18,21-24,31,35-36,39-40,42-45H,19-20,25-30,32-34H2,1-12H3,(H,56,67)(H,57,63)(H,58,65)(H,59,68)(H,60,64)/b41-31-/t39-,42+,43-,44-,45-/m0/s1. The van der Waals surface area contributed by atoms with E-state index in [-0.39, 0.29) is 50.9 Å². The number of hydrogen-bond donors (Lipinski definition) is 5. The molecule has 0 aromatic heterocycles. The highest BCUT2D eigenvalue weighted by molar-refractivity contribution is 5.95. The van der Waals surface area contributed by atoms with Gasteiger partial charge in [0.05, 0.1) is 19.1 Å². The van der Waals surface area contributed by atoms with Crippen LogP contribution in [0.15, 0.2) is 72.6 Å². The molecule has 0 aliphatic carbocycles. The van der Waals surface area contributed by atoms with Gasteiger partial charge in [-0.05, 0) is 129 Å². The van der Waals surface area contributed by atoms with E-state index in [4.69, 9.17) is 14.3 Å². The van der Waals surface area contributed by atoms with Crippen LogP contribution in [0.3, 0.4) is 0 Å². The minimum absolute atomic E-state index is 0.0165. The zero-order valence-corrected chi connectivity index (χ0v) is 44.2. The number of ether oxygens (including phenoxy) is 2. The Hall–Kier alpha value is -5.55. The molecule has 71 heavy (non-hydrogen) atoms. The van der Waals surface area contributed by atoms with Crippen LogP contribution in [0.2, 0.25) is 0 Å². The molecule has 0 radical (unpaired) electrons. The van der Waals surface area contributed by atoms with Gasteiger partial charge in [-0.15, -0.1) is 0 Å². The van der Waals surface area contributed by atoms with E-state index in [1.54, 1.807) is 41.7 Å². The first-order chi connectivity index (χ1) is 33.3. The highest BCUT2D eigenvalue weighted by Gasteiger charge is 2.47. The molecule has 5 N–H and O–H groups in total. The molecule has 2 fully saturated rings. The number of nitrogens with zero attached hydrogens (tertiary/aromatic N) is 2. The van der Waals surface area contributed by atoms with Gasteiger partial charge in [-0.1, -0.05) is 88.4 Å². The summed E-state index contributed by atoms with van der Waals surface area (Å²) < 4.78 is 27.3. The maximum Gasteiger partial charge on any atom is 0.408 e. The fourth-order valence-electron chi connectivity index (χ4n) is 9.82. The van der Waals surface area contributed by atoms with Crippen LogP contribution in [0.5, 0.6) is 0 Å². The molecule has 0 spiro atoms. The molecule has 2 aromatic carbocycles. The maximum atomic E-state index is 16.5. The number of halogens is 1. The number of piperidine rings is 1. The molecule has 2 aromatic rings. The molecule has 6 amide bonds. The number of likely N-dealkylation sites (tertiary alicyclic amines) is 1. The molecular formula is C54H82FN7O9. The Kier molecular flexibility index (Phi) is 21.4.